The van der Waals surface area contributed by atoms with Crippen molar-refractivity contribution >= 4 is 22.2 Å². The lowest BCUT2D eigenvalue weighted by Crippen LogP contribution is -1.89. The minimum atomic E-state index is 0.935. The quantitative estimate of drug-likeness (QED) is 0.623. The largest absolute Gasteiger partial charge is 0.267 e. The summed E-state index contributed by atoms with van der Waals surface area (Å²) in [7, 11) is 1.94. The minimum absolute atomic E-state index is 0.935. The van der Waals surface area contributed by atoms with Crippen molar-refractivity contribution in [2.45, 2.75) is 0 Å². The first-order valence-corrected chi connectivity index (χ1v) is 5.52. The van der Waals surface area contributed by atoms with Crippen LogP contribution in [0, 0.1) is 6.07 Å². The van der Waals surface area contributed by atoms with Crippen LogP contribution in [0.15, 0.2) is 29.1 Å². The van der Waals surface area contributed by atoms with Gasteiger partial charge in [0.2, 0.25) is 0 Å². The summed E-state index contributed by atoms with van der Waals surface area (Å²) in [5.41, 5.74) is 4.80. The van der Waals surface area contributed by atoms with Gasteiger partial charge in [0.25, 0.3) is 0 Å². The number of aromatic nitrogens is 3. The molecule has 2 aromatic heterocycles. The molecule has 4 heteroatoms. The molecule has 0 bridgehead atoms. The fourth-order valence-electron chi connectivity index (χ4n) is 1.67. The first-order valence-electron chi connectivity index (χ1n) is 4.57. The Kier molecular flexibility index (Phi) is 1.82. The number of nitrogens with zero attached hydrogens (tertiary/aromatic N) is 3. The van der Waals surface area contributed by atoms with Gasteiger partial charge in [-0.1, -0.05) is 6.07 Å². The van der Waals surface area contributed by atoms with Crippen LogP contribution in [-0.4, -0.2) is 14.8 Å². The summed E-state index contributed by atoms with van der Waals surface area (Å²) >= 11 is 1.58. The Hall–Kier alpha value is -1.68. The molecule has 0 saturated heterocycles. The summed E-state index contributed by atoms with van der Waals surface area (Å²) in [5.74, 6) is 0. The van der Waals surface area contributed by atoms with Gasteiger partial charge in [-0.25, -0.2) is 4.98 Å². The van der Waals surface area contributed by atoms with E-state index in [9.17, 15) is 0 Å². The molecular weight excluding hydrogens is 206 g/mol. The number of rotatable bonds is 1. The van der Waals surface area contributed by atoms with Crippen LogP contribution in [-0.2, 0) is 7.05 Å². The maximum absolute atomic E-state index is 4.47. The third-order valence-corrected chi connectivity index (χ3v) is 2.96. The zero-order chi connectivity index (χ0) is 10.3. The lowest BCUT2D eigenvalue weighted by Gasteiger charge is -1.90. The molecule has 3 nitrogen and oxygen atoms in total. The predicted molar refractivity (Wildman–Crippen MR) is 60.7 cm³/mol. The summed E-state index contributed by atoms with van der Waals surface area (Å²) in [6.45, 7) is 0. The number of hydrogen-bond acceptors (Lipinski definition) is 3. The second-order valence-corrected chi connectivity index (χ2v) is 4.01. The summed E-state index contributed by atoms with van der Waals surface area (Å²) in [6, 6.07) is 8.94. The van der Waals surface area contributed by atoms with Gasteiger partial charge in [0, 0.05) is 17.8 Å². The zero-order valence-electron chi connectivity index (χ0n) is 8.14. The molecule has 1 aromatic carbocycles. The van der Waals surface area contributed by atoms with Crippen molar-refractivity contribution in [1.29, 1.82) is 0 Å². The molecule has 0 fully saturated rings. The summed E-state index contributed by atoms with van der Waals surface area (Å²) in [5, 5.41) is 7.58. The topological polar surface area (TPSA) is 30.7 Å². The SMILES string of the molecule is Cn1nc(-c2cscn2)c2c[c]ccc21. The molecule has 0 unspecified atom stereocenters. The van der Waals surface area contributed by atoms with E-state index in [0.29, 0.717) is 0 Å². The van der Waals surface area contributed by atoms with E-state index < -0.39 is 0 Å². The zero-order valence-corrected chi connectivity index (χ0v) is 8.95. The van der Waals surface area contributed by atoms with E-state index in [2.05, 4.69) is 16.1 Å². The minimum Gasteiger partial charge on any atom is -0.267 e. The highest BCUT2D eigenvalue weighted by Crippen LogP contribution is 2.26. The van der Waals surface area contributed by atoms with Crippen molar-refractivity contribution in [1.82, 2.24) is 14.8 Å². The summed E-state index contributed by atoms with van der Waals surface area (Å²) < 4.78 is 1.87. The Morgan fingerprint density at radius 1 is 1.47 bits per heavy atom. The summed E-state index contributed by atoms with van der Waals surface area (Å²) in [6.07, 6.45) is 0. The van der Waals surface area contributed by atoms with Crippen molar-refractivity contribution < 1.29 is 0 Å². The smallest absolute Gasteiger partial charge is 0.119 e. The number of fused-ring (bicyclic) bond motifs is 1. The average Bonchev–Trinajstić information content (AvgIpc) is 2.87. The number of thiazole rings is 1. The van der Waals surface area contributed by atoms with Gasteiger partial charge in [0.1, 0.15) is 11.4 Å². The van der Waals surface area contributed by atoms with Crippen molar-refractivity contribution in [3.8, 4) is 11.4 Å². The monoisotopic (exact) mass is 214 g/mol. The van der Waals surface area contributed by atoms with Crippen LogP contribution in [0.25, 0.3) is 22.3 Å². The Balaban J connectivity index is 2.37. The molecule has 2 heterocycles. The van der Waals surface area contributed by atoms with E-state index in [1.807, 2.05) is 40.8 Å². The van der Waals surface area contributed by atoms with Crippen LogP contribution in [0.1, 0.15) is 0 Å². The normalized spacial score (nSPS) is 11.0. The Morgan fingerprint density at radius 2 is 2.40 bits per heavy atom. The van der Waals surface area contributed by atoms with E-state index >= 15 is 0 Å². The average molecular weight is 214 g/mol. The molecule has 0 atom stereocenters. The Morgan fingerprint density at radius 3 is 3.20 bits per heavy atom. The maximum Gasteiger partial charge on any atom is 0.119 e. The third kappa shape index (κ3) is 1.26. The van der Waals surface area contributed by atoms with Gasteiger partial charge in [-0.05, 0) is 18.2 Å². The lowest BCUT2D eigenvalue weighted by molar-refractivity contribution is 0.799. The molecule has 0 aliphatic heterocycles. The van der Waals surface area contributed by atoms with E-state index in [-0.39, 0.29) is 0 Å². The molecule has 0 spiro atoms. The van der Waals surface area contributed by atoms with E-state index in [1.54, 1.807) is 11.3 Å². The first kappa shape index (κ1) is 8.61. The molecule has 3 rings (SSSR count). The van der Waals surface area contributed by atoms with Gasteiger partial charge in [-0.2, -0.15) is 5.10 Å². The number of aryl methyl sites for hydroxylation is 1. The second-order valence-electron chi connectivity index (χ2n) is 3.29. The van der Waals surface area contributed by atoms with Gasteiger partial charge in [0.15, 0.2) is 0 Å². The molecule has 73 valence electrons. The van der Waals surface area contributed by atoms with Crippen molar-refractivity contribution in [3.05, 3.63) is 35.2 Å². The van der Waals surface area contributed by atoms with E-state index in [1.165, 1.54) is 0 Å². The Labute approximate surface area is 91.0 Å². The van der Waals surface area contributed by atoms with Crippen LogP contribution < -0.4 is 0 Å². The van der Waals surface area contributed by atoms with Gasteiger partial charge < -0.3 is 0 Å². The fraction of sp³-hybridized carbons (Fsp3) is 0.0909. The number of hydrogen-bond donors (Lipinski definition) is 0. The van der Waals surface area contributed by atoms with Gasteiger partial charge in [-0.15, -0.1) is 11.3 Å². The molecule has 3 aromatic rings. The lowest BCUT2D eigenvalue weighted by atomic mass is 10.2. The summed E-state index contributed by atoms with van der Waals surface area (Å²) in [4.78, 5) is 4.28. The molecule has 0 amide bonds. The van der Waals surface area contributed by atoms with Crippen LogP contribution in [0.2, 0.25) is 0 Å². The van der Waals surface area contributed by atoms with Crippen LogP contribution in [0.5, 0.6) is 0 Å². The first-order chi connectivity index (χ1) is 7.36. The molecular formula is C11H8N3S. The highest BCUT2D eigenvalue weighted by Gasteiger charge is 2.10. The molecule has 0 aliphatic carbocycles. The second kappa shape index (κ2) is 3.17. The fourth-order valence-corrected chi connectivity index (χ4v) is 2.21. The molecule has 1 radical (unpaired) electrons. The highest BCUT2D eigenvalue weighted by atomic mass is 32.1. The molecule has 15 heavy (non-hydrogen) atoms. The van der Waals surface area contributed by atoms with Crippen molar-refractivity contribution in [2.24, 2.45) is 7.05 Å². The van der Waals surface area contributed by atoms with E-state index in [0.717, 1.165) is 22.3 Å². The van der Waals surface area contributed by atoms with Crippen LogP contribution in [0.3, 0.4) is 0 Å². The van der Waals surface area contributed by atoms with Crippen LogP contribution in [0.4, 0.5) is 0 Å². The highest BCUT2D eigenvalue weighted by molar-refractivity contribution is 7.07. The van der Waals surface area contributed by atoms with Gasteiger partial charge in [-0.3, -0.25) is 4.68 Å². The number of benzene rings is 1. The maximum atomic E-state index is 4.47. The third-order valence-electron chi connectivity index (χ3n) is 2.37. The standard InChI is InChI=1S/C11H8N3S/c1-14-10-5-3-2-4-8(10)11(13-14)9-6-15-7-12-9/h3-7H,1H3. The molecule has 0 aliphatic rings. The molecule has 0 saturated carbocycles. The predicted octanol–water partition coefficient (Wildman–Crippen LogP) is 2.50. The van der Waals surface area contributed by atoms with Crippen molar-refractivity contribution in [2.75, 3.05) is 0 Å². The van der Waals surface area contributed by atoms with Crippen LogP contribution >= 0.6 is 11.3 Å². The Bertz CT molecular complexity index is 595. The van der Waals surface area contributed by atoms with Gasteiger partial charge in [0.05, 0.1) is 11.0 Å². The van der Waals surface area contributed by atoms with Gasteiger partial charge >= 0.3 is 0 Å². The molecule has 0 N–H and O–H groups in total. The van der Waals surface area contributed by atoms with E-state index in [4.69, 9.17) is 0 Å². The van der Waals surface area contributed by atoms with Crippen molar-refractivity contribution in [3.63, 3.8) is 0 Å².